The van der Waals surface area contributed by atoms with Crippen LogP contribution in [-0.2, 0) is 25.6 Å². The number of aliphatic carboxylic acids is 1. The van der Waals surface area contributed by atoms with E-state index in [0.29, 0.717) is 23.5 Å². The van der Waals surface area contributed by atoms with Crippen LogP contribution in [0, 0.1) is 34.5 Å². The summed E-state index contributed by atoms with van der Waals surface area (Å²) in [6.07, 6.45) is 12.7. The molecule has 0 spiro atoms. The summed E-state index contributed by atoms with van der Waals surface area (Å²) >= 11 is 0. The number of oxime groups is 1. The molecule has 4 aliphatic carbocycles. The normalized spacial score (nSPS) is 33.7. The van der Waals surface area contributed by atoms with Crippen molar-refractivity contribution in [2.45, 2.75) is 84.6 Å². The molecular formula is C34H43N3O5. The predicted molar refractivity (Wildman–Crippen MR) is 161 cm³/mol. The van der Waals surface area contributed by atoms with E-state index in [2.05, 4.69) is 35.4 Å². The first-order valence-corrected chi connectivity index (χ1v) is 15.6. The highest BCUT2D eigenvalue weighted by atomic mass is 16.6. The number of nitrogens with one attached hydrogen (secondary N) is 2. The first-order valence-electron chi connectivity index (χ1n) is 15.6. The second-order valence-electron chi connectivity index (χ2n) is 13.7. The van der Waals surface area contributed by atoms with E-state index >= 15 is 0 Å². The van der Waals surface area contributed by atoms with E-state index in [9.17, 15) is 19.5 Å². The van der Waals surface area contributed by atoms with Crippen LogP contribution in [0.5, 0.6) is 0 Å². The summed E-state index contributed by atoms with van der Waals surface area (Å²) in [6, 6.07) is 6.61. The molecule has 6 rings (SSSR count). The van der Waals surface area contributed by atoms with E-state index in [4.69, 9.17) is 4.84 Å². The van der Waals surface area contributed by atoms with Crippen molar-refractivity contribution in [3.8, 4) is 0 Å². The Morgan fingerprint density at radius 3 is 2.69 bits per heavy atom. The van der Waals surface area contributed by atoms with Crippen LogP contribution in [0.15, 0.2) is 47.3 Å². The van der Waals surface area contributed by atoms with E-state index < -0.39 is 17.9 Å². The van der Waals surface area contributed by atoms with Gasteiger partial charge in [0.2, 0.25) is 0 Å². The summed E-state index contributed by atoms with van der Waals surface area (Å²) in [5.74, 6) is 0.967. The van der Waals surface area contributed by atoms with Gasteiger partial charge in [-0.2, -0.15) is 0 Å². The van der Waals surface area contributed by atoms with Gasteiger partial charge in [-0.15, -0.1) is 0 Å². The van der Waals surface area contributed by atoms with Gasteiger partial charge in [-0.3, -0.25) is 9.59 Å². The first-order chi connectivity index (χ1) is 20.1. The lowest BCUT2D eigenvalue weighted by Gasteiger charge is -2.58. The minimum Gasteiger partial charge on any atom is -0.480 e. The highest BCUT2D eigenvalue weighted by Crippen LogP contribution is 2.66. The molecular weight excluding hydrogens is 530 g/mol. The number of aromatic nitrogens is 1. The molecule has 7 atom stereocenters. The summed E-state index contributed by atoms with van der Waals surface area (Å²) in [4.78, 5) is 45.5. The van der Waals surface area contributed by atoms with Crippen LogP contribution in [-0.4, -0.2) is 46.1 Å². The molecule has 1 amide bonds. The molecule has 3 fully saturated rings. The number of Topliss-reactive ketones (excluding diaryl/α,β-unsaturated/α-hetero) is 1. The number of carboxylic acid groups (broad SMARTS) is 1. The van der Waals surface area contributed by atoms with Crippen molar-refractivity contribution in [1.82, 2.24) is 10.3 Å². The fourth-order valence-electron chi connectivity index (χ4n) is 9.44. The highest BCUT2D eigenvalue weighted by molar-refractivity contribution is 5.96. The molecule has 2 aromatic rings. The molecule has 224 valence electrons. The van der Waals surface area contributed by atoms with Crippen LogP contribution in [0.2, 0.25) is 0 Å². The molecule has 3 N–H and O–H groups in total. The second-order valence-corrected chi connectivity index (χ2v) is 13.7. The number of nitrogens with zero attached hydrogens (tertiary/aromatic N) is 1. The number of benzene rings is 1. The van der Waals surface area contributed by atoms with Crippen LogP contribution in [0.1, 0.15) is 77.7 Å². The average Bonchev–Trinajstić information content (AvgIpc) is 3.53. The molecule has 0 bridgehead atoms. The maximum atomic E-state index is 12.6. The number of fused-ring (bicyclic) bond motifs is 6. The van der Waals surface area contributed by atoms with Crippen molar-refractivity contribution in [2.75, 3.05) is 6.61 Å². The van der Waals surface area contributed by atoms with Crippen molar-refractivity contribution in [1.29, 1.82) is 0 Å². The van der Waals surface area contributed by atoms with E-state index in [1.54, 1.807) is 13.1 Å². The minimum atomic E-state index is -1.09. The van der Waals surface area contributed by atoms with Gasteiger partial charge in [0.15, 0.2) is 6.61 Å². The number of amides is 1. The van der Waals surface area contributed by atoms with Crippen LogP contribution >= 0.6 is 0 Å². The SMILES string of the molecule is CC(=O)[C@@H]1CC[C@@H]2[C@@H]3CCC4=CC(=NOCC(=O)N[C@@H](Cc5c[nH]c6ccccc56)C(=O)O)CC[C@]4(C)[C@H]3CC[C@@]21C. The lowest BCUT2D eigenvalue weighted by atomic mass is 9.46. The molecule has 0 saturated heterocycles. The number of para-hydroxylation sites is 1. The van der Waals surface area contributed by atoms with Crippen molar-refractivity contribution in [3.63, 3.8) is 0 Å². The molecule has 3 saturated carbocycles. The molecule has 0 unspecified atom stereocenters. The Hall–Kier alpha value is -3.42. The number of carbonyl (C=O) groups is 3. The number of carbonyl (C=O) groups excluding carboxylic acids is 2. The molecule has 8 heteroatoms. The molecule has 4 aliphatic rings. The van der Waals surface area contributed by atoms with E-state index in [0.717, 1.165) is 54.3 Å². The number of allylic oxidation sites excluding steroid dienone is 2. The maximum Gasteiger partial charge on any atom is 0.326 e. The second kappa shape index (κ2) is 11.0. The fourth-order valence-corrected chi connectivity index (χ4v) is 9.44. The van der Waals surface area contributed by atoms with Crippen molar-refractivity contribution in [3.05, 3.63) is 47.7 Å². The largest absolute Gasteiger partial charge is 0.480 e. The summed E-state index contributed by atoms with van der Waals surface area (Å²) < 4.78 is 0. The molecule has 8 nitrogen and oxygen atoms in total. The van der Waals surface area contributed by atoms with Crippen molar-refractivity contribution in [2.24, 2.45) is 39.7 Å². The smallest absolute Gasteiger partial charge is 0.326 e. The number of aromatic amines is 1. The zero-order valence-corrected chi connectivity index (χ0v) is 24.9. The van der Waals surface area contributed by atoms with E-state index in [1.807, 2.05) is 24.3 Å². The highest BCUT2D eigenvalue weighted by Gasteiger charge is 2.59. The number of hydrogen-bond donors (Lipinski definition) is 3. The molecule has 0 radical (unpaired) electrons. The summed E-state index contributed by atoms with van der Waals surface area (Å²) in [7, 11) is 0. The number of H-pyrrole nitrogens is 1. The Balaban J connectivity index is 1.06. The van der Waals surface area contributed by atoms with Gasteiger partial charge in [0, 0.05) is 29.4 Å². The first kappa shape index (κ1) is 28.7. The Labute approximate surface area is 247 Å². The summed E-state index contributed by atoms with van der Waals surface area (Å²) in [5.41, 5.74) is 4.36. The van der Waals surface area contributed by atoms with Crippen LogP contribution in [0.3, 0.4) is 0 Å². The molecule has 42 heavy (non-hydrogen) atoms. The third kappa shape index (κ3) is 4.96. The Morgan fingerprint density at radius 1 is 1.10 bits per heavy atom. The van der Waals surface area contributed by atoms with Gasteiger partial charge in [-0.25, -0.2) is 4.79 Å². The molecule has 1 aromatic heterocycles. The number of hydrogen-bond acceptors (Lipinski definition) is 5. The summed E-state index contributed by atoms with van der Waals surface area (Å²) in [5, 5.41) is 17.6. The minimum absolute atomic E-state index is 0.145. The van der Waals surface area contributed by atoms with Crippen molar-refractivity contribution < 1.29 is 24.3 Å². The lowest BCUT2D eigenvalue weighted by molar-refractivity contribution is -0.142. The maximum absolute atomic E-state index is 12.6. The molecule has 0 aliphatic heterocycles. The number of carboxylic acids is 1. The van der Waals surface area contributed by atoms with Crippen LogP contribution < -0.4 is 5.32 Å². The third-order valence-corrected chi connectivity index (χ3v) is 11.6. The van der Waals surface area contributed by atoms with Gasteiger partial charge < -0.3 is 20.2 Å². The van der Waals surface area contributed by atoms with E-state index in [1.165, 1.54) is 24.8 Å². The topological polar surface area (TPSA) is 121 Å². The quantitative estimate of drug-likeness (QED) is 0.344. The predicted octanol–water partition coefficient (Wildman–Crippen LogP) is 5.82. The zero-order chi connectivity index (χ0) is 29.6. The Kier molecular flexibility index (Phi) is 7.52. The van der Waals surface area contributed by atoms with Gasteiger partial charge in [0.1, 0.15) is 11.8 Å². The lowest BCUT2D eigenvalue weighted by Crippen LogP contribution is -2.51. The number of rotatable bonds is 8. The van der Waals surface area contributed by atoms with E-state index in [-0.39, 0.29) is 29.8 Å². The zero-order valence-electron chi connectivity index (χ0n) is 24.9. The standard InChI is InChI=1S/C34H43N3O5/c1-20(38)26-10-11-27-25-9-8-22-17-23(12-14-33(22,2)28(25)13-15-34(26,27)3)37-42-19-31(39)36-30(32(40)41)16-21-18-35-29-7-5-4-6-24(21)29/h4-7,17-18,25-28,30,35H,8-16,19H2,1-3H3,(H,36,39)(H,40,41)/t25-,26-,27+,28-,30-,33-,34+/m0/s1. The Morgan fingerprint density at radius 2 is 1.90 bits per heavy atom. The average molecular weight is 574 g/mol. The van der Waals surface area contributed by atoms with Crippen LogP contribution in [0.4, 0.5) is 0 Å². The van der Waals surface area contributed by atoms with Crippen LogP contribution in [0.25, 0.3) is 10.9 Å². The van der Waals surface area contributed by atoms with Gasteiger partial charge in [-0.1, -0.05) is 42.8 Å². The molecule has 1 aromatic carbocycles. The van der Waals surface area contributed by atoms with Crippen molar-refractivity contribution >= 4 is 34.3 Å². The third-order valence-electron chi connectivity index (χ3n) is 11.6. The fraction of sp³-hybridized carbons (Fsp3) is 0.588. The van der Waals surface area contributed by atoms with Gasteiger partial charge in [-0.05, 0) is 105 Å². The van der Waals surface area contributed by atoms with Gasteiger partial charge in [0.25, 0.3) is 5.91 Å². The number of ketones is 1. The summed E-state index contributed by atoms with van der Waals surface area (Å²) in [6.45, 7) is 6.28. The monoisotopic (exact) mass is 573 g/mol. The van der Waals surface area contributed by atoms with Gasteiger partial charge >= 0.3 is 5.97 Å². The Bertz CT molecular complexity index is 1460. The molecule has 1 heterocycles. The van der Waals surface area contributed by atoms with Gasteiger partial charge in [0.05, 0.1) is 5.71 Å².